The summed E-state index contributed by atoms with van der Waals surface area (Å²) in [7, 11) is 0. The molecule has 2 aromatic rings. The Labute approximate surface area is 149 Å². The molecule has 1 aliphatic rings. The van der Waals surface area contributed by atoms with Crippen LogP contribution in [-0.4, -0.2) is 35.0 Å². The number of rotatable bonds is 3. The number of hydrogen-bond acceptors (Lipinski definition) is 2. The summed E-state index contributed by atoms with van der Waals surface area (Å²) >= 11 is 5.89. The van der Waals surface area contributed by atoms with E-state index in [1.807, 2.05) is 0 Å². The van der Waals surface area contributed by atoms with Crippen LogP contribution in [0.5, 0.6) is 0 Å². The van der Waals surface area contributed by atoms with Gasteiger partial charge >= 0.3 is 5.97 Å². The van der Waals surface area contributed by atoms with Crippen LogP contribution in [0.15, 0.2) is 42.5 Å². The molecule has 4 nitrogen and oxygen atoms in total. The third kappa shape index (κ3) is 3.66. The highest BCUT2D eigenvalue weighted by Crippen LogP contribution is 2.34. The van der Waals surface area contributed by atoms with Crippen molar-refractivity contribution in [3.8, 4) is 0 Å². The number of halogens is 2. The van der Waals surface area contributed by atoms with E-state index in [1.54, 1.807) is 37.3 Å². The van der Waals surface area contributed by atoms with Crippen LogP contribution in [0.2, 0.25) is 5.02 Å². The minimum atomic E-state index is -0.953. The molecule has 1 aliphatic heterocycles. The zero-order valence-corrected chi connectivity index (χ0v) is 14.3. The second-order valence-electron chi connectivity index (χ2n) is 6.33. The monoisotopic (exact) mass is 361 g/mol. The minimum Gasteiger partial charge on any atom is -0.481 e. The summed E-state index contributed by atoms with van der Waals surface area (Å²) in [6.45, 7) is 2.07. The Kier molecular flexibility index (Phi) is 4.77. The van der Waals surface area contributed by atoms with Crippen molar-refractivity contribution in [2.24, 2.45) is 5.92 Å². The van der Waals surface area contributed by atoms with Gasteiger partial charge in [-0.1, -0.05) is 23.7 Å². The molecule has 25 heavy (non-hydrogen) atoms. The van der Waals surface area contributed by atoms with Gasteiger partial charge in [0.1, 0.15) is 5.82 Å². The Hall–Kier alpha value is -2.40. The fourth-order valence-corrected chi connectivity index (χ4v) is 3.44. The van der Waals surface area contributed by atoms with E-state index < -0.39 is 17.7 Å². The van der Waals surface area contributed by atoms with Gasteiger partial charge in [-0.3, -0.25) is 9.59 Å². The molecule has 0 radical (unpaired) electrons. The number of nitrogens with zero attached hydrogens (tertiary/aromatic N) is 1. The summed E-state index contributed by atoms with van der Waals surface area (Å²) in [4.78, 5) is 25.8. The second kappa shape index (κ2) is 6.84. The average molecular weight is 362 g/mol. The second-order valence-corrected chi connectivity index (χ2v) is 6.77. The highest BCUT2D eigenvalue weighted by atomic mass is 35.5. The lowest BCUT2D eigenvalue weighted by atomic mass is 9.89. The molecule has 6 heteroatoms. The fraction of sp³-hybridized carbons (Fsp3) is 0.263. The fourth-order valence-electron chi connectivity index (χ4n) is 3.31. The predicted octanol–water partition coefficient (Wildman–Crippen LogP) is 3.73. The van der Waals surface area contributed by atoms with E-state index in [2.05, 4.69) is 0 Å². The van der Waals surface area contributed by atoms with Crippen molar-refractivity contribution in [3.05, 3.63) is 70.0 Å². The summed E-state index contributed by atoms with van der Waals surface area (Å²) in [6, 6.07) is 11.1. The lowest BCUT2D eigenvalue weighted by Crippen LogP contribution is -2.30. The summed E-state index contributed by atoms with van der Waals surface area (Å²) in [5.41, 5.74) is 1.70. The van der Waals surface area contributed by atoms with Crippen LogP contribution in [0.1, 0.15) is 27.4 Å². The number of carboxylic acid groups (broad SMARTS) is 1. The maximum absolute atomic E-state index is 13.6. The van der Waals surface area contributed by atoms with Gasteiger partial charge in [0.2, 0.25) is 0 Å². The van der Waals surface area contributed by atoms with Crippen LogP contribution in [-0.2, 0) is 4.79 Å². The van der Waals surface area contributed by atoms with Gasteiger partial charge in [0.05, 0.1) is 5.92 Å². The number of likely N-dealkylation sites (tertiary alicyclic amines) is 1. The number of carbonyl (C=O) groups excluding carboxylic acids is 1. The Balaban J connectivity index is 1.87. The lowest BCUT2D eigenvalue weighted by Gasteiger charge is -2.17. The highest BCUT2D eigenvalue weighted by molar-refractivity contribution is 6.30. The predicted molar refractivity (Wildman–Crippen MR) is 92.4 cm³/mol. The van der Waals surface area contributed by atoms with Crippen LogP contribution >= 0.6 is 11.6 Å². The Morgan fingerprint density at radius 1 is 1.16 bits per heavy atom. The number of aryl methyl sites for hydroxylation is 1. The van der Waals surface area contributed by atoms with Crippen LogP contribution in [0.25, 0.3) is 0 Å². The summed E-state index contributed by atoms with van der Waals surface area (Å²) in [6.07, 6.45) is 0. The number of aliphatic carboxylic acids is 1. The molecule has 2 aromatic carbocycles. The van der Waals surface area contributed by atoms with Crippen molar-refractivity contribution in [3.63, 3.8) is 0 Å². The molecule has 0 bridgehead atoms. The van der Waals surface area contributed by atoms with Crippen molar-refractivity contribution in [1.29, 1.82) is 0 Å². The number of benzene rings is 2. The van der Waals surface area contributed by atoms with Gasteiger partial charge in [0.25, 0.3) is 5.91 Å². The van der Waals surface area contributed by atoms with E-state index >= 15 is 0 Å². The molecule has 0 saturated carbocycles. The van der Waals surface area contributed by atoms with Crippen molar-refractivity contribution in [2.45, 2.75) is 12.8 Å². The largest absolute Gasteiger partial charge is 0.481 e. The molecule has 1 saturated heterocycles. The van der Waals surface area contributed by atoms with Crippen LogP contribution in [0.3, 0.4) is 0 Å². The molecular formula is C19H17ClFNO3. The lowest BCUT2D eigenvalue weighted by molar-refractivity contribution is -0.141. The first-order valence-electron chi connectivity index (χ1n) is 7.90. The molecule has 2 atom stereocenters. The smallest absolute Gasteiger partial charge is 0.308 e. The maximum Gasteiger partial charge on any atom is 0.308 e. The first-order chi connectivity index (χ1) is 11.8. The zero-order chi connectivity index (χ0) is 18.1. The molecule has 0 spiro atoms. The SMILES string of the molecule is Cc1cc(F)cc(C(=O)N2C[C@@H](C(=O)O)[C@H](c3ccc(Cl)cc3)C2)c1. The molecule has 3 rings (SSSR count). The molecule has 130 valence electrons. The van der Waals surface area contributed by atoms with E-state index in [0.717, 1.165) is 5.56 Å². The van der Waals surface area contributed by atoms with Crippen molar-refractivity contribution in [2.75, 3.05) is 13.1 Å². The molecule has 0 aliphatic carbocycles. The number of amides is 1. The summed E-state index contributed by atoms with van der Waals surface area (Å²) in [5.74, 6) is -2.82. The topological polar surface area (TPSA) is 57.6 Å². The zero-order valence-electron chi connectivity index (χ0n) is 13.6. The molecule has 0 aromatic heterocycles. The third-order valence-corrected chi connectivity index (χ3v) is 4.76. The van der Waals surface area contributed by atoms with E-state index in [9.17, 15) is 19.1 Å². The van der Waals surface area contributed by atoms with Gasteiger partial charge in [-0.2, -0.15) is 0 Å². The van der Waals surface area contributed by atoms with E-state index in [4.69, 9.17) is 11.6 Å². The third-order valence-electron chi connectivity index (χ3n) is 4.51. The van der Waals surface area contributed by atoms with Crippen LogP contribution < -0.4 is 0 Å². The van der Waals surface area contributed by atoms with Crippen molar-refractivity contribution >= 4 is 23.5 Å². The molecule has 1 N–H and O–H groups in total. The normalized spacial score (nSPS) is 19.9. The van der Waals surface area contributed by atoms with E-state index in [-0.39, 0.29) is 30.5 Å². The first-order valence-corrected chi connectivity index (χ1v) is 8.27. The quantitative estimate of drug-likeness (QED) is 0.906. The van der Waals surface area contributed by atoms with E-state index in [1.165, 1.54) is 17.0 Å². The van der Waals surface area contributed by atoms with E-state index in [0.29, 0.717) is 10.6 Å². The van der Waals surface area contributed by atoms with Gasteiger partial charge in [-0.05, 0) is 48.4 Å². The molecule has 1 heterocycles. The Morgan fingerprint density at radius 3 is 2.44 bits per heavy atom. The number of carboxylic acids is 1. The van der Waals surface area contributed by atoms with Gasteiger partial charge < -0.3 is 10.0 Å². The Bertz CT molecular complexity index is 802. The standard InChI is InChI=1S/C19H17ClFNO3/c1-11-6-13(8-15(21)7-11)18(23)22-9-16(17(10-22)19(24)25)12-2-4-14(20)5-3-12/h2-8,16-17H,9-10H2,1H3,(H,24,25)/t16-,17+/m0/s1. The molecule has 0 unspecified atom stereocenters. The van der Waals surface area contributed by atoms with Crippen LogP contribution in [0.4, 0.5) is 4.39 Å². The molecular weight excluding hydrogens is 345 g/mol. The van der Waals surface area contributed by atoms with Crippen LogP contribution in [0, 0.1) is 18.7 Å². The Morgan fingerprint density at radius 2 is 1.84 bits per heavy atom. The molecule has 1 amide bonds. The van der Waals surface area contributed by atoms with Crippen molar-refractivity contribution < 1.29 is 19.1 Å². The van der Waals surface area contributed by atoms with Gasteiger partial charge in [0, 0.05) is 29.6 Å². The minimum absolute atomic E-state index is 0.0943. The molecule has 1 fully saturated rings. The summed E-state index contributed by atoms with van der Waals surface area (Å²) in [5, 5.41) is 10.1. The van der Waals surface area contributed by atoms with Crippen molar-refractivity contribution in [1.82, 2.24) is 4.90 Å². The summed E-state index contributed by atoms with van der Waals surface area (Å²) < 4.78 is 13.6. The highest BCUT2D eigenvalue weighted by Gasteiger charge is 2.40. The van der Waals surface area contributed by atoms with Gasteiger partial charge in [-0.25, -0.2) is 4.39 Å². The van der Waals surface area contributed by atoms with Gasteiger partial charge in [-0.15, -0.1) is 0 Å². The van der Waals surface area contributed by atoms with Gasteiger partial charge in [0.15, 0.2) is 0 Å². The maximum atomic E-state index is 13.6. The number of hydrogen-bond donors (Lipinski definition) is 1. The number of carbonyl (C=O) groups is 2. The first kappa shape index (κ1) is 17.4. The average Bonchev–Trinajstić information content (AvgIpc) is 2.99.